The Kier molecular flexibility index (Phi) is 3.18. The summed E-state index contributed by atoms with van der Waals surface area (Å²) in [5, 5.41) is 9.33. The zero-order valence-electron chi connectivity index (χ0n) is 8.86. The van der Waals surface area contributed by atoms with Crippen molar-refractivity contribution in [3.05, 3.63) is 39.9 Å². The number of nitrogens with one attached hydrogen (secondary N) is 1. The number of rotatable bonds is 4. The SMILES string of the molecule is Cc1cc(CNC(C)c2cccs2)on1. The largest absolute Gasteiger partial charge is 0.360 e. The van der Waals surface area contributed by atoms with Crippen LogP contribution in [0.3, 0.4) is 0 Å². The van der Waals surface area contributed by atoms with E-state index in [1.807, 2.05) is 13.0 Å². The maximum Gasteiger partial charge on any atom is 0.150 e. The summed E-state index contributed by atoms with van der Waals surface area (Å²) in [6, 6.07) is 6.51. The van der Waals surface area contributed by atoms with E-state index in [9.17, 15) is 0 Å². The lowest BCUT2D eigenvalue weighted by Gasteiger charge is -2.09. The lowest BCUT2D eigenvalue weighted by Crippen LogP contribution is -2.16. The molecule has 1 unspecified atom stereocenters. The van der Waals surface area contributed by atoms with Crippen LogP contribution in [0.25, 0.3) is 0 Å². The molecule has 3 nitrogen and oxygen atoms in total. The van der Waals surface area contributed by atoms with E-state index < -0.39 is 0 Å². The van der Waals surface area contributed by atoms with Crippen molar-refractivity contribution in [3.8, 4) is 0 Å². The molecule has 2 rings (SSSR count). The number of thiophene rings is 1. The van der Waals surface area contributed by atoms with Crippen LogP contribution in [-0.4, -0.2) is 5.16 Å². The van der Waals surface area contributed by atoms with Gasteiger partial charge in [0, 0.05) is 17.0 Å². The van der Waals surface area contributed by atoms with E-state index in [1.54, 1.807) is 11.3 Å². The maximum atomic E-state index is 5.12. The monoisotopic (exact) mass is 222 g/mol. The molecule has 0 spiro atoms. The predicted octanol–water partition coefficient (Wildman–Crippen LogP) is 2.90. The Morgan fingerprint density at radius 2 is 2.47 bits per heavy atom. The first kappa shape index (κ1) is 10.4. The molecule has 0 aromatic carbocycles. The van der Waals surface area contributed by atoms with Crippen LogP contribution in [0.4, 0.5) is 0 Å². The average molecular weight is 222 g/mol. The van der Waals surface area contributed by atoms with Crippen LogP contribution in [-0.2, 0) is 6.54 Å². The molecule has 80 valence electrons. The van der Waals surface area contributed by atoms with Gasteiger partial charge in [-0.25, -0.2) is 0 Å². The van der Waals surface area contributed by atoms with E-state index in [1.165, 1.54) is 4.88 Å². The molecule has 0 aliphatic heterocycles. The van der Waals surface area contributed by atoms with Crippen LogP contribution in [0, 0.1) is 6.92 Å². The quantitative estimate of drug-likeness (QED) is 0.864. The normalized spacial score (nSPS) is 12.9. The second-order valence-corrected chi connectivity index (χ2v) is 4.53. The highest BCUT2D eigenvalue weighted by atomic mass is 32.1. The zero-order chi connectivity index (χ0) is 10.7. The fourth-order valence-electron chi connectivity index (χ4n) is 1.39. The Balaban J connectivity index is 1.88. The van der Waals surface area contributed by atoms with Gasteiger partial charge >= 0.3 is 0 Å². The summed E-state index contributed by atoms with van der Waals surface area (Å²) in [6.07, 6.45) is 0. The molecule has 1 atom stereocenters. The number of aryl methyl sites for hydroxylation is 1. The van der Waals surface area contributed by atoms with Crippen molar-refractivity contribution in [2.24, 2.45) is 0 Å². The third kappa shape index (κ3) is 2.67. The van der Waals surface area contributed by atoms with Crippen LogP contribution < -0.4 is 5.32 Å². The van der Waals surface area contributed by atoms with Gasteiger partial charge in [0.05, 0.1) is 12.2 Å². The molecule has 0 saturated heterocycles. The molecule has 2 aromatic rings. The summed E-state index contributed by atoms with van der Waals surface area (Å²) in [5.74, 6) is 0.885. The minimum atomic E-state index is 0.357. The summed E-state index contributed by atoms with van der Waals surface area (Å²) < 4.78 is 5.12. The molecule has 0 saturated carbocycles. The van der Waals surface area contributed by atoms with Crippen molar-refractivity contribution in [2.45, 2.75) is 26.4 Å². The van der Waals surface area contributed by atoms with Crippen LogP contribution >= 0.6 is 11.3 Å². The molecule has 0 amide bonds. The van der Waals surface area contributed by atoms with Gasteiger partial charge in [0.2, 0.25) is 0 Å². The summed E-state index contributed by atoms with van der Waals surface area (Å²) in [4.78, 5) is 1.34. The summed E-state index contributed by atoms with van der Waals surface area (Å²) in [7, 11) is 0. The Morgan fingerprint density at radius 1 is 1.60 bits per heavy atom. The summed E-state index contributed by atoms with van der Waals surface area (Å²) >= 11 is 1.76. The minimum Gasteiger partial charge on any atom is -0.360 e. The molecule has 0 fully saturated rings. The average Bonchev–Trinajstić information content (AvgIpc) is 2.84. The van der Waals surface area contributed by atoms with Gasteiger partial charge in [0.15, 0.2) is 5.76 Å². The van der Waals surface area contributed by atoms with Crippen molar-refractivity contribution in [3.63, 3.8) is 0 Å². The third-order valence-corrected chi connectivity index (χ3v) is 3.28. The molecule has 0 aliphatic carbocycles. The lowest BCUT2D eigenvalue weighted by atomic mass is 10.2. The van der Waals surface area contributed by atoms with Crippen LogP contribution in [0.5, 0.6) is 0 Å². The second kappa shape index (κ2) is 4.59. The first-order chi connectivity index (χ1) is 7.25. The molecule has 0 bridgehead atoms. The molecule has 0 aliphatic rings. The Morgan fingerprint density at radius 3 is 3.07 bits per heavy atom. The van der Waals surface area contributed by atoms with Crippen molar-refractivity contribution in [1.82, 2.24) is 10.5 Å². The Labute approximate surface area is 93.1 Å². The van der Waals surface area contributed by atoms with Crippen molar-refractivity contribution < 1.29 is 4.52 Å². The zero-order valence-corrected chi connectivity index (χ0v) is 9.67. The van der Waals surface area contributed by atoms with Crippen molar-refractivity contribution in [2.75, 3.05) is 0 Å². The smallest absolute Gasteiger partial charge is 0.150 e. The lowest BCUT2D eigenvalue weighted by molar-refractivity contribution is 0.363. The Hall–Kier alpha value is -1.13. The highest BCUT2D eigenvalue weighted by Crippen LogP contribution is 2.18. The van der Waals surface area contributed by atoms with Gasteiger partial charge in [-0.2, -0.15) is 0 Å². The molecule has 0 radical (unpaired) electrons. The minimum absolute atomic E-state index is 0.357. The number of hydrogen-bond acceptors (Lipinski definition) is 4. The second-order valence-electron chi connectivity index (χ2n) is 3.55. The molecule has 15 heavy (non-hydrogen) atoms. The first-order valence-electron chi connectivity index (χ1n) is 4.94. The summed E-state index contributed by atoms with van der Waals surface area (Å²) in [5.41, 5.74) is 0.926. The highest BCUT2D eigenvalue weighted by Gasteiger charge is 2.07. The first-order valence-corrected chi connectivity index (χ1v) is 5.82. The molecular formula is C11H14N2OS. The van der Waals surface area contributed by atoms with E-state index in [0.29, 0.717) is 6.04 Å². The van der Waals surface area contributed by atoms with Gasteiger partial charge in [-0.05, 0) is 25.3 Å². The number of nitrogens with zero attached hydrogens (tertiary/aromatic N) is 1. The fraction of sp³-hybridized carbons (Fsp3) is 0.364. The fourth-order valence-corrected chi connectivity index (χ4v) is 2.15. The van der Waals surface area contributed by atoms with Crippen molar-refractivity contribution in [1.29, 1.82) is 0 Å². The van der Waals surface area contributed by atoms with Crippen LogP contribution in [0.15, 0.2) is 28.1 Å². The molecule has 1 N–H and O–H groups in total. The Bertz CT molecular complexity index is 408. The molecule has 2 aromatic heterocycles. The van der Waals surface area contributed by atoms with E-state index >= 15 is 0 Å². The van der Waals surface area contributed by atoms with Gasteiger partial charge in [-0.1, -0.05) is 11.2 Å². The molecule has 2 heterocycles. The highest BCUT2D eigenvalue weighted by molar-refractivity contribution is 7.10. The third-order valence-electron chi connectivity index (χ3n) is 2.23. The standard InChI is InChI=1S/C11H14N2OS/c1-8-6-10(14-13-8)7-12-9(2)11-4-3-5-15-11/h3-6,9,12H,7H2,1-2H3. The topological polar surface area (TPSA) is 38.1 Å². The summed E-state index contributed by atoms with van der Waals surface area (Å²) in [6.45, 7) is 4.80. The van der Waals surface area contributed by atoms with E-state index in [2.05, 4.69) is 34.9 Å². The van der Waals surface area contributed by atoms with E-state index in [0.717, 1.165) is 18.0 Å². The molecular weight excluding hydrogens is 208 g/mol. The van der Waals surface area contributed by atoms with Crippen molar-refractivity contribution >= 4 is 11.3 Å². The van der Waals surface area contributed by atoms with E-state index in [-0.39, 0.29) is 0 Å². The number of aromatic nitrogens is 1. The van der Waals surface area contributed by atoms with Gasteiger partial charge in [0.25, 0.3) is 0 Å². The van der Waals surface area contributed by atoms with Gasteiger partial charge in [-0.15, -0.1) is 11.3 Å². The van der Waals surface area contributed by atoms with Gasteiger partial charge in [-0.3, -0.25) is 0 Å². The van der Waals surface area contributed by atoms with E-state index in [4.69, 9.17) is 4.52 Å². The molecule has 4 heteroatoms. The predicted molar refractivity (Wildman–Crippen MR) is 60.8 cm³/mol. The van der Waals surface area contributed by atoms with Gasteiger partial charge < -0.3 is 9.84 Å². The number of hydrogen-bond donors (Lipinski definition) is 1. The maximum absolute atomic E-state index is 5.12. The van der Waals surface area contributed by atoms with Crippen LogP contribution in [0.2, 0.25) is 0 Å². The van der Waals surface area contributed by atoms with Gasteiger partial charge in [0.1, 0.15) is 0 Å². The van der Waals surface area contributed by atoms with Crippen LogP contribution in [0.1, 0.15) is 29.3 Å².